The highest BCUT2D eigenvalue weighted by Crippen LogP contribution is 2.15. The maximum atomic E-state index is 12.1. The van der Waals surface area contributed by atoms with Gasteiger partial charge in [-0.2, -0.15) is 9.41 Å². The molecule has 8 heteroatoms. The summed E-state index contributed by atoms with van der Waals surface area (Å²) in [6, 6.07) is 10.2. The quantitative estimate of drug-likeness (QED) is 0.570. The molecule has 0 saturated carbocycles. The standard InChI is InChI=1S/C14H12N6O2/c1-10-16-17-18-20(10)13-6-2-5-12(8-13)15-14(21)11-4-3-7-19(22)9-11/h2-9H,1H3,(H,15,21). The van der Waals surface area contributed by atoms with Gasteiger partial charge in [0.15, 0.2) is 18.2 Å². The monoisotopic (exact) mass is 296 g/mol. The van der Waals surface area contributed by atoms with Crippen molar-refractivity contribution in [2.45, 2.75) is 6.92 Å². The molecule has 0 aliphatic heterocycles. The van der Waals surface area contributed by atoms with Gasteiger partial charge in [0, 0.05) is 11.8 Å². The second-order valence-electron chi connectivity index (χ2n) is 4.59. The van der Waals surface area contributed by atoms with Gasteiger partial charge in [-0.25, -0.2) is 0 Å². The molecule has 0 fully saturated rings. The molecule has 0 radical (unpaired) electrons. The van der Waals surface area contributed by atoms with Crippen molar-refractivity contribution >= 4 is 11.6 Å². The maximum Gasteiger partial charge on any atom is 0.261 e. The number of hydrogen-bond donors (Lipinski definition) is 1. The highest BCUT2D eigenvalue weighted by Gasteiger charge is 2.10. The number of tetrazole rings is 1. The Labute approximate surface area is 125 Å². The average Bonchev–Trinajstić information content (AvgIpc) is 2.94. The first-order valence-corrected chi connectivity index (χ1v) is 6.49. The van der Waals surface area contributed by atoms with E-state index in [0.717, 1.165) is 5.69 Å². The minimum absolute atomic E-state index is 0.279. The summed E-state index contributed by atoms with van der Waals surface area (Å²) in [5.41, 5.74) is 1.59. The van der Waals surface area contributed by atoms with Gasteiger partial charge in [0.05, 0.1) is 5.69 Å². The van der Waals surface area contributed by atoms with Gasteiger partial charge in [0.25, 0.3) is 5.91 Å². The Morgan fingerprint density at radius 1 is 1.32 bits per heavy atom. The number of amides is 1. The van der Waals surface area contributed by atoms with Crippen LogP contribution >= 0.6 is 0 Å². The van der Waals surface area contributed by atoms with E-state index in [4.69, 9.17) is 0 Å². The molecule has 0 unspecified atom stereocenters. The maximum absolute atomic E-state index is 12.1. The average molecular weight is 296 g/mol. The van der Waals surface area contributed by atoms with Crippen molar-refractivity contribution in [3.63, 3.8) is 0 Å². The van der Waals surface area contributed by atoms with Gasteiger partial charge >= 0.3 is 0 Å². The summed E-state index contributed by atoms with van der Waals surface area (Å²) in [6.45, 7) is 1.78. The van der Waals surface area contributed by atoms with Crippen molar-refractivity contribution in [1.29, 1.82) is 0 Å². The van der Waals surface area contributed by atoms with Crippen molar-refractivity contribution in [2.75, 3.05) is 5.32 Å². The van der Waals surface area contributed by atoms with E-state index in [1.165, 1.54) is 18.5 Å². The fourth-order valence-corrected chi connectivity index (χ4v) is 1.98. The van der Waals surface area contributed by atoms with Crippen LogP contribution in [0.2, 0.25) is 0 Å². The minimum Gasteiger partial charge on any atom is -0.619 e. The molecule has 0 spiro atoms. The Morgan fingerprint density at radius 2 is 2.18 bits per heavy atom. The number of anilines is 1. The van der Waals surface area contributed by atoms with E-state index in [-0.39, 0.29) is 11.5 Å². The van der Waals surface area contributed by atoms with Crippen LogP contribution in [0.3, 0.4) is 0 Å². The van der Waals surface area contributed by atoms with E-state index >= 15 is 0 Å². The van der Waals surface area contributed by atoms with Gasteiger partial charge in [-0.3, -0.25) is 4.79 Å². The molecule has 0 aliphatic rings. The van der Waals surface area contributed by atoms with Crippen molar-refractivity contribution in [2.24, 2.45) is 0 Å². The van der Waals surface area contributed by atoms with Crippen molar-refractivity contribution in [1.82, 2.24) is 20.2 Å². The summed E-state index contributed by atoms with van der Waals surface area (Å²) in [7, 11) is 0. The molecule has 0 saturated heterocycles. The molecular weight excluding hydrogens is 284 g/mol. The fourth-order valence-electron chi connectivity index (χ4n) is 1.98. The van der Waals surface area contributed by atoms with E-state index < -0.39 is 0 Å². The third kappa shape index (κ3) is 2.75. The van der Waals surface area contributed by atoms with Crippen LogP contribution in [0.1, 0.15) is 16.2 Å². The second kappa shape index (κ2) is 5.60. The molecule has 110 valence electrons. The summed E-state index contributed by atoms with van der Waals surface area (Å²) in [5, 5.41) is 25.2. The zero-order valence-corrected chi connectivity index (χ0v) is 11.7. The lowest BCUT2D eigenvalue weighted by atomic mass is 10.2. The fraction of sp³-hybridized carbons (Fsp3) is 0.0714. The van der Waals surface area contributed by atoms with Gasteiger partial charge in [0.1, 0.15) is 5.56 Å². The predicted molar refractivity (Wildman–Crippen MR) is 77.2 cm³/mol. The largest absolute Gasteiger partial charge is 0.619 e. The van der Waals surface area contributed by atoms with E-state index in [1.807, 2.05) is 6.07 Å². The normalized spacial score (nSPS) is 10.4. The lowest BCUT2D eigenvalue weighted by Crippen LogP contribution is -2.27. The molecule has 0 atom stereocenters. The number of hydrogen-bond acceptors (Lipinski definition) is 5. The minimum atomic E-state index is -0.365. The van der Waals surface area contributed by atoms with Gasteiger partial charge in [-0.15, -0.1) is 5.10 Å². The summed E-state index contributed by atoms with van der Waals surface area (Å²) in [4.78, 5) is 12.1. The first kappa shape index (κ1) is 13.7. The molecule has 0 aliphatic carbocycles. The Hall–Kier alpha value is -3.29. The first-order chi connectivity index (χ1) is 10.6. The topological polar surface area (TPSA) is 99.6 Å². The molecule has 3 aromatic rings. The number of nitrogens with one attached hydrogen (secondary N) is 1. The molecule has 1 N–H and O–H groups in total. The van der Waals surface area contributed by atoms with Crippen LogP contribution in [0.25, 0.3) is 5.69 Å². The number of benzene rings is 1. The van der Waals surface area contributed by atoms with Crippen LogP contribution < -0.4 is 10.0 Å². The zero-order chi connectivity index (χ0) is 15.5. The summed E-state index contributed by atoms with van der Waals surface area (Å²) >= 11 is 0. The highest BCUT2D eigenvalue weighted by atomic mass is 16.5. The van der Waals surface area contributed by atoms with Crippen LogP contribution in [0.15, 0.2) is 48.8 Å². The number of carbonyl (C=O) groups is 1. The highest BCUT2D eigenvalue weighted by molar-refractivity contribution is 6.03. The van der Waals surface area contributed by atoms with Crippen LogP contribution in [0.4, 0.5) is 5.69 Å². The molecule has 1 aromatic carbocycles. The SMILES string of the molecule is Cc1nnnn1-c1cccc(NC(=O)c2ccc[n+]([O-])c2)c1. The Kier molecular flexibility index (Phi) is 3.48. The summed E-state index contributed by atoms with van der Waals surface area (Å²) in [6.07, 6.45) is 2.53. The van der Waals surface area contributed by atoms with Crippen molar-refractivity contribution < 1.29 is 9.52 Å². The molecule has 8 nitrogen and oxygen atoms in total. The number of aryl methyl sites for hydroxylation is 1. The van der Waals surface area contributed by atoms with Gasteiger partial charge in [-0.1, -0.05) is 6.07 Å². The van der Waals surface area contributed by atoms with Crippen molar-refractivity contribution in [3.05, 3.63) is 65.4 Å². The van der Waals surface area contributed by atoms with E-state index in [2.05, 4.69) is 20.8 Å². The molecule has 2 aromatic heterocycles. The third-order valence-corrected chi connectivity index (χ3v) is 3.01. The summed E-state index contributed by atoms with van der Waals surface area (Å²) < 4.78 is 2.14. The number of pyridine rings is 1. The smallest absolute Gasteiger partial charge is 0.261 e. The lowest BCUT2D eigenvalue weighted by Gasteiger charge is -2.07. The molecule has 22 heavy (non-hydrogen) atoms. The van der Waals surface area contributed by atoms with Crippen LogP contribution in [0, 0.1) is 12.1 Å². The Balaban J connectivity index is 1.84. The molecule has 3 rings (SSSR count). The van der Waals surface area contributed by atoms with Gasteiger partial charge < -0.3 is 10.5 Å². The van der Waals surface area contributed by atoms with E-state index in [9.17, 15) is 10.0 Å². The first-order valence-electron chi connectivity index (χ1n) is 6.49. The van der Waals surface area contributed by atoms with Gasteiger partial charge in [-0.05, 0) is 41.6 Å². The molecule has 1 amide bonds. The molecular formula is C14H12N6O2. The van der Waals surface area contributed by atoms with Gasteiger partial charge in [0.2, 0.25) is 0 Å². The van der Waals surface area contributed by atoms with E-state index in [0.29, 0.717) is 16.2 Å². The van der Waals surface area contributed by atoms with Crippen LogP contribution in [-0.2, 0) is 0 Å². The zero-order valence-electron chi connectivity index (χ0n) is 11.7. The lowest BCUT2D eigenvalue weighted by molar-refractivity contribution is -0.605. The number of aromatic nitrogens is 5. The Bertz CT molecular complexity index is 829. The molecule has 2 heterocycles. The number of carbonyl (C=O) groups excluding carboxylic acids is 1. The number of rotatable bonds is 3. The van der Waals surface area contributed by atoms with E-state index in [1.54, 1.807) is 35.9 Å². The van der Waals surface area contributed by atoms with Crippen molar-refractivity contribution in [3.8, 4) is 5.69 Å². The van der Waals surface area contributed by atoms with Crippen LogP contribution in [-0.4, -0.2) is 26.1 Å². The molecule has 0 bridgehead atoms. The number of nitrogens with zero attached hydrogens (tertiary/aromatic N) is 5. The Morgan fingerprint density at radius 3 is 2.91 bits per heavy atom. The predicted octanol–water partition coefficient (Wildman–Crippen LogP) is 0.856. The summed E-state index contributed by atoms with van der Waals surface area (Å²) in [5.74, 6) is 0.273. The third-order valence-electron chi connectivity index (χ3n) is 3.01. The second-order valence-corrected chi connectivity index (χ2v) is 4.59. The van der Waals surface area contributed by atoms with Crippen LogP contribution in [0.5, 0.6) is 0 Å².